The van der Waals surface area contributed by atoms with Gasteiger partial charge in [-0.2, -0.15) is 0 Å². The number of fused-ring (bicyclic) bond motifs is 1. The van der Waals surface area contributed by atoms with Gasteiger partial charge in [-0.05, 0) is 43.2 Å². The monoisotopic (exact) mass is 647 g/mol. The maximum atomic E-state index is 15.4. The van der Waals surface area contributed by atoms with E-state index in [9.17, 15) is 13.2 Å². The number of aromatic nitrogens is 3. The number of nitrogens with zero attached hydrogens (tertiary/aromatic N) is 5. The minimum atomic E-state index is -3.02. The van der Waals surface area contributed by atoms with E-state index in [-0.39, 0.29) is 34.9 Å². The fourth-order valence-electron chi connectivity index (χ4n) is 5.56. The molecular formula is C32H34FN7O5S. The Kier molecular flexibility index (Phi) is 8.88. The normalized spacial score (nSPS) is 16.6. The molecule has 1 amide bonds. The van der Waals surface area contributed by atoms with Gasteiger partial charge in [0.15, 0.2) is 9.84 Å². The minimum absolute atomic E-state index is 0.0676. The van der Waals surface area contributed by atoms with Gasteiger partial charge in [-0.1, -0.05) is 6.58 Å². The highest BCUT2D eigenvalue weighted by Crippen LogP contribution is 2.35. The van der Waals surface area contributed by atoms with Crippen LogP contribution in [0.4, 0.5) is 27.4 Å². The van der Waals surface area contributed by atoms with E-state index in [2.05, 4.69) is 32.2 Å². The molecule has 2 aromatic carbocycles. The van der Waals surface area contributed by atoms with Crippen molar-refractivity contribution in [3.8, 4) is 17.2 Å². The Bertz CT molecular complexity index is 1870. The number of hydrogen-bond donors (Lipinski definition) is 2. The number of methoxy groups -OCH3 is 1. The molecule has 2 fully saturated rings. The van der Waals surface area contributed by atoms with Crippen molar-refractivity contribution in [1.82, 2.24) is 19.9 Å². The highest BCUT2D eigenvalue weighted by atomic mass is 32.2. The fourth-order valence-corrected chi connectivity index (χ4v) is 6.76. The molecular weight excluding hydrogens is 613 g/mol. The minimum Gasteiger partial charge on any atom is -0.495 e. The molecule has 0 radical (unpaired) electrons. The molecule has 0 aliphatic carbocycles. The van der Waals surface area contributed by atoms with E-state index in [4.69, 9.17) is 9.47 Å². The molecule has 46 heavy (non-hydrogen) atoms. The third kappa shape index (κ3) is 6.96. The van der Waals surface area contributed by atoms with Crippen LogP contribution in [0, 0.1) is 5.82 Å². The summed E-state index contributed by atoms with van der Waals surface area (Å²) >= 11 is 0. The Labute approximate surface area is 266 Å². The van der Waals surface area contributed by atoms with Crippen molar-refractivity contribution in [2.45, 2.75) is 18.9 Å². The van der Waals surface area contributed by atoms with Gasteiger partial charge in [0.05, 0.1) is 35.5 Å². The van der Waals surface area contributed by atoms with E-state index in [1.807, 2.05) is 11.0 Å². The number of ether oxygens (including phenoxy) is 2. The van der Waals surface area contributed by atoms with Crippen LogP contribution in [0.2, 0.25) is 0 Å². The Balaban J connectivity index is 1.17. The fraction of sp³-hybridized carbons (Fsp3) is 0.312. The molecule has 2 aliphatic rings. The van der Waals surface area contributed by atoms with E-state index in [0.29, 0.717) is 60.2 Å². The number of carbonyl (C=O) groups excluding carboxylic acids is 1. The van der Waals surface area contributed by atoms with E-state index in [0.717, 1.165) is 18.5 Å². The molecule has 240 valence electrons. The number of hydrogen-bond acceptors (Lipinski definition) is 11. The van der Waals surface area contributed by atoms with Crippen LogP contribution in [0.1, 0.15) is 12.8 Å². The van der Waals surface area contributed by atoms with Gasteiger partial charge >= 0.3 is 0 Å². The van der Waals surface area contributed by atoms with Crippen LogP contribution < -0.4 is 25.0 Å². The molecule has 4 aromatic rings. The van der Waals surface area contributed by atoms with Crippen molar-refractivity contribution in [2.75, 3.05) is 60.3 Å². The second kappa shape index (κ2) is 13.2. The molecule has 2 N–H and O–H groups in total. The third-order valence-corrected chi connectivity index (χ3v) is 9.72. The summed E-state index contributed by atoms with van der Waals surface area (Å²) in [6.45, 7) is 5.53. The van der Waals surface area contributed by atoms with Gasteiger partial charge in [0.1, 0.15) is 41.0 Å². The van der Waals surface area contributed by atoms with Crippen molar-refractivity contribution in [1.29, 1.82) is 0 Å². The van der Waals surface area contributed by atoms with Crippen LogP contribution >= 0.6 is 0 Å². The smallest absolute Gasteiger partial charge is 0.245 e. The summed E-state index contributed by atoms with van der Waals surface area (Å²) in [5, 5.41) is 7.29. The zero-order valence-corrected chi connectivity index (χ0v) is 26.1. The van der Waals surface area contributed by atoms with Crippen LogP contribution in [-0.4, -0.2) is 85.0 Å². The SMILES string of the molecule is C=CC(=O)N1CCC(Nc2cc3c(Nc4ccc(Oc5ccnc(N6CCS(=O)(=O)CC6)c5)cc4F)ncnc3cc2OC)CC1. The first-order valence-electron chi connectivity index (χ1n) is 14.9. The first-order valence-corrected chi connectivity index (χ1v) is 16.7. The number of rotatable bonds is 9. The Morgan fingerprint density at radius 2 is 1.76 bits per heavy atom. The highest BCUT2D eigenvalue weighted by molar-refractivity contribution is 7.91. The lowest BCUT2D eigenvalue weighted by Crippen LogP contribution is -2.41. The van der Waals surface area contributed by atoms with E-state index in [1.54, 1.807) is 48.5 Å². The molecule has 14 heteroatoms. The average Bonchev–Trinajstić information content (AvgIpc) is 3.06. The number of amides is 1. The topological polar surface area (TPSA) is 139 Å². The van der Waals surface area contributed by atoms with Crippen LogP contribution in [0.25, 0.3) is 10.9 Å². The molecule has 2 saturated heterocycles. The summed E-state index contributed by atoms with van der Waals surface area (Å²) in [6.07, 6.45) is 5.84. The second-order valence-corrected chi connectivity index (χ2v) is 13.4. The molecule has 0 bridgehead atoms. The summed E-state index contributed by atoms with van der Waals surface area (Å²) < 4.78 is 50.5. The lowest BCUT2D eigenvalue weighted by atomic mass is 10.0. The van der Waals surface area contributed by atoms with Crippen molar-refractivity contribution < 1.29 is 27.1 Å². The van der Waals surface area contributed by atoms with Crippen molar-refractivity contribution >= 4 is 49.7 Å². The molecule has 6 rings (SSSR count). The number of sulfone groups is 1. The number of carbonyl (C=O) groups is 1. The highest BCUT2D eigenvalue weighted by Gasteiger charge is 2.24. The largest absolute Gasteiger partial charge is 0.495 e. The lowest BCUT2D eigenvalue weighted by molar-refractivity contribution is -0.126. The maximum absolute atomic E-state index is 15.4. The predicted molar refractivity (Wildman–Crippen MR) is 174 cm³/mol. The lowest BCUT2D eigenvalue weighted by Gasteiger charge is -2.32. The first kappa shape index (κ1) is 31.0. The quantitative estimate of drug-likeness (QED) is 0.248. The van der Waals surface area contributed by atoms with Crippen molar-refractivity contribution in [3.05, 3.63) is 73.5 Å². The van der Waals surface area contributed by atoms with Gasteiger partial charge in [0, 0.05) is 62.0 Å². The number of anilines is 4. The summed E-state index contributed by atoms with van der Waals surface area (Å²) in [5.41, 5.74) is 1.56. The molecule has 0 unspecified atom stereocenters. The molecule has 0 saturated carbocycles. The molecule has 12 nitrogen and oxygen atoms in total. The number of piperidine rings is 1. The van der Waals surface area contributed by atoms with E-state index < -0.39 is 15.7 Å². The number of pyridine rings is 1. The Morgan fingerprint density at radius 1 is 1.00 bits per heavy atom. The maximum Gasteiger partial charge on any atom is 0.245 e. The Morgan fingerprint density at radius 3 is 2.48 bits per heavy atom. The van der Waals surface area contributed by atoms with Crippen LogP contribution in [-0.2, 0) is 14.6 Å². The Hall–Kier alpha value is -4.98. The van der Waals surface area contributed by atoms with Crippen LogP contribution in [0.15, 0.2) is 67.6 Å². The molecule has 2 aromatic heterocycles. The van der Waals surface area contributed by atoms with E-state index in [1.165, 1.54) is 18.5 Å². The van der Waals surface area contributed by atoms with Crippen LogP contribution in [0.5, 0.6) is 17.2 Å². The van der Waals surface area contributed by atoms with Crippen LogP contribution in [0.3, 0.4) is 0 Å². The standard InChI is InChI=1S/C32H34FN7O5S/c1-3-31(41)40-10-7-21(8-11-40)37-28-18-24-27(19-29(28)44-2)35-20-36-32(24)38-26-5-4-22(16-25(26)33)45-23-6-9-34-30(17-23)39-12-14-46(42,43)15-13-39/h3-6,9,16-21,37H,1,7-8,10-15H2,2H3,(H,35,36,38). The summed E-state index contributed by atoms with van der Waals surface area (Å²) in [5.74, 6) is 1.89. The number of halogens is 1. The van der Waals surface area contributed by atoms with Gasteiger partial charge in [0.25, 0.3) is 0 Å². The van der Waals surface area contributed by atoms with Gasteiger partial charge in [-0.3, -0.25) is 4.79 Å². The van der Waals surface area contributed by atoms with Gasteiger partial charge in [0.2, 0.25) is 5.91 Å². The molecule has 2 aliphatic heterocycles. The second-order valence-electron chi connectivity index (χ2n) is 11.1. The summed E-state index contributed by atoms with van der Waals surface area (Å²) in [4.78, 5) is 28.8. The molecule has 4 heterocycles. The van der Waals surface area contributed by atoms with Crippen molar-refractivity contribution in [2.24, 2.45) is 0 Å². The number of likely N-dealkylation sites (tertiary alicyclic amines) is 1. The zero-order valence-electron chi connectivity index (χ0n) is 25.3. The first-order chi connectivity index (χ1) is 22.2. The number of benzene rings is 2. The summed E-state index contributed by atoms with van der Waals surface area (Å²) in [6, 6.07) is 11.7. The number of nitrogens with one attached hydrogen (secondary N) is 2. The van der Waals surface area contributed by atoms with Crippen molar-refractivity contribution in [3.63, 3.8) is 0 Å². The molecule has 0 spiro atoms. The average molecular weight is 648 g/mol. The van der Waals surface area contributed by atoms with E-state index >= 15 is 4.39 Å². The summed E-state index contributed by atoms with van der Waals surface area (Å²) in [7, 11) is -1.43. The zero-order chi connectivity index (χ0) is 32.3. The van der Waals surface area contributed by atoms with Gasteiger partial charge in [-0.15, -0.1) is 0 Å². The van der Waals surface area contributed by atoms with Gasteiger partial charge < -0.3 is 29.9 Å². The third-order valence-electron chi connectivity index (χ3n) is 8.11. The molecule has 0 atom stereocenters. The van der Waals surface area contributed by atoms with Gasteiger partial charge in [-0.25, -0.2) is 27.8 Å². The predicted octanol–water partition coefficient (Wildman–Crippen LogP) is 4.53.